The van der Waals surface area contributed by atoms with E-state index >= 15 is 0 Å². The SMILES string of the molecule is CCSC1CCC(NC(=NC)NCc2cn3c(C)cccc3n2)C1.I. The van der Waals surface area contributed by atoms with E-state index in [1.54, 1.807) is 0 Å². The maximum absolute atomic E-state index is 4.66. The van der Waals surface area contributed by atoms with Gasteiger partial charge in [0.1, 0.15) is 5.65 Å². The molecule has 7 heteroatoms. The number of halogens is 1. The summed E-state index contributed by atoms with van der Waals surface area (Å²) in [4.78, 5) is 9.02. The molecule has 3 rings (SSSR count). The molecule has 1 aliphatic rings. The van der Waals surface area contributed by atoms with Crippen LogP contribution in [0.5, 0.6) is 0 Å². The number of rotatable bonds is 5. The van der Waals surface area contributed by atoms with Crippen LogP contribution in [-0.4, -0.2) is 39.4 Å². The molecule has 1 saturated carbocycles. The zero-order valence-corrected chi connectivity index (χ0v) is 18.3. The minimum atomic E-state index is 0. The van der Waals surface area contributed by atoms with Gasteiger partial charge in [-0.15, -0.1) is 24.0 Å². The number of pyridine rings is 1. The number of hydrogen-bond donors (Lipinski definition) is 2. The Morgan fingerprint density at radius 1 is 1.40 bits per heavy atom. The fourth-order valence-corrected chi connectivity index (χ4v) is 4.45. The number of imidazole rings is 1. The molecule has 0 amide bonds. The van der Waals surface area contributed by atoms with Crippen molar-refractivity contribution in [2.45, 2.75) is 50.9 Å². The van der Waals surface area contributed by atoms with Crippen molar-refractivity contribution in [3.8, 4) is 0 Å². The number of thioether (sulfide) groups is 1. The van der Waals surface area contributed by atoms with Crippen LogP contribution in [0.1, 0.15) is 37.6 Å². The summed E-state index contributed by atoms with van der Waals surface area (Å²) in [5, 5.41) is 7.75. The van der Waals surface area contributed by atoms with Crippen LogP contribution >= 0.6 is 35.7 Å². The number of fused-ring (bicyclic) bond motifs is 1. The highest BCUT2D eigenvalue weighted by Gasteiger charge is 2.25. The number of nitrogens with one attached hydrogen (secondary N) is 2. The molecule has 1 fully saturated rings. The zero-order valence-electron chi connectivity index (χ0n) is 15.2. The molecule has 1 aliphatic carbocycles. The van der Waals surface area contributed by atoms with Crippen molar-refractivity contribution in [3.63, 3.8) is 0 Å². The Kier molecular flexibility index (Phi) is 7.86. The van der Waals surface area contributed by atoms with Crippen molar-refractivity contribution in [2.24, 2.45) is 4.99 Å². The highest BCUT2D eigenvalue weighted by molar-refractivity contribution is 14.0. The first-order valence-electron chi connectivity index (χ1n) is 8.72. The predicted molar refractivity (Wildman–Crippen MR) is 118 cm³/mol. The van der Waals surface area contributed by atoms with Crippen LogP contribution in [0, 0.1) is 6.92 Å². The van der Waals surface area contributed by atoms with Gasteiger partial charge < -0.3 is 15.0 Å². The fraction of sp³-hybridized carbons (Fsp3) is 0.556. The Hall–Kier alpha value is -0.960. The van der Waals surface area contributed by atoms with Crippen LogP contribution in [0.2, 0.25) is 0 Å². The van der Waals surface area contributed by atoms with Crippen LogP contribution in [0.3, 0.4) is 0 Å². The van der Waals surface area contributed by atoms with Gasteiger partial charge in [0.15, 0.2) is 5.96 Å². The highest BCUT2D eigenvalue weighted by Crippen LogP contribution is 2.29. The van der Waals surface area contributed by atoms with E-state index in [4.69, 9.17) is 0 Å². The van der Waals surface area contributed by atoms with Gasteiger partial charge in [-0.05, 0) is 44.1 Å². The smallest absolute Gasteiger partial charge is 0.191 e. The molecule has 0 bridgehead atoms. The van der Waals surface area contributed by atoms with Gasteiger partial charge in [0, 0.05) is 30.2 Å². The minimum absolute atomic E-state index is 0. The number of aromatic nitrogens is 2. The summed E-state index contributed by atoms with van der Waals surface area (Å²) >= 11 is 2.08. The summed E-state index contributed by atoms with van der Waals surface area (Å²) in [6.07, 6.45) is 5.85. The molecule has 2 N–H and O–H groups in total. The summed E-state index contributed by atoms with van der Waals surface area (Å²) in [5.74, 6) is 2.08. The minimum Gasteiger partial charge on any atom is -0.354 e. The molecule has 0 spiro atoms. The van der Waals surface area contributed by atoms with Crippen molar-refractivity contribution >= 4 is 47.3 Å². The third-order valence-electron chi connectivity index (χ3n) is 4.53. The fourth-order valence-electron chi connectivity index (χ4n) is 3.30. The van der Waals surface area contributed by atoms with Gasteiger partial charge in [-0.25, -0.2) is 4.98 Å². The van der Waals surface area contributed by atoms with E-state index in [-0.39, 0.29) is 24.0 Å². The molecule has 138 valence electrons. The topological polar surface area (TPSA) is 53.7 Å². The summed E-state index contributed by atoms with van der Waals surface area (Å²) in [5.41, 5.74) is 3.21. The first kappa shape index (κ1) is 20.4. The quantitative estimate of drug-likeness (QED) is 0.396. The second-order valence-corrected chi connectivity index (χ2v) is 7.86. The van der Waals surface area contributed by atoms with Gasteiger partial charge in [0.05, 0.1) is 12.2 Å². The Bertz CT molecular complexity index is 715. The van der Waals surface area contributed by atoms with Crippen molar-refractivity contribution < 1.29 is 0 Å². The summed E-state index contributed by atoms with van der Waals surface area (Å²) in [7, 11) is 1.83. The van der Waals surface area contributed by atoms with Gasteiger partial charge in [-0.2, -0.15) is 11.8 Å². The Balaban J connectivity index is 0.00000225. The summed E-state index contributed by atoms with van der Waals surface area (Å²) in [6.45, 7) is 5.01. The molecule has 25 heavy (non-hydrogen) atoms. The third-order valence-corrected chi connectivity index (χ3v) is 5.77. The van der Waals surface area contributed by atoms with Crippen molar-refractivity contribution in [1.82, 2.24) is 20.0 Å². The maximum Gasteiger partial charge on any atom is 0.191 e. The van der Waals surface area contributed by atoms with E-state index in [1.807, 2.05) is 19.2 Å². The van der Waals surface area contributed by atoms with E-state index in [0.717, 1.165) is 22.6 Å². The van der Waals surface area contributed by atoms with Crippen molar-refractivity contribution in [3.05, 3.63) is 35.8 Å². The molecule has 2 atom stereocenters. The normalized spacial score (nSPS) is 20.5. The molecule has 0 radical (unpaired) electrons. The molecule has 2 heterocycles. The van der Waals surface area contributed by atoms with Gasteiger partial charge in [-0.1, -0.05) is 13.0 Å². The lowest BCUT2D eigenvalue weighted by molar-refractivity contribution is 0.614. The molecule has 2 unspecified atom stereocenters. The van der Waals surface area contributed by atoms with Crippen LogP contribution < -0.4 is 10.6 Å². The monoisotopic (exact) mass is 473 g/mol. The number of hydrogen-bond acceptors (Lipinski definition) is 3. The van der Waals surface area contributed by atoms with Gasteiger partial charge in [0.2, 0.25) is 0 Å². The number of guanidine groups is 1. The van der Waals surface area contributed by atoms with E-state index < -0.39 is 0 Å². The maximum atomic E-state index is 4.66. The first-order chi connectivity index (χ1) is 11.7. The second-order valence-electron chi connectivity index (χ2n) is 6.29. The molecule has 5 nitrogen and oxygen atoms in total. The molecular formula is C18H28IN5S. The number of nitrogens with zero attached hydrogens (tertiary/aromatic N) is 3. The Morgan fingerprint density at radius 2 is 2.24 bits per heavy atom. The summed E-state index contributed by atoms with van der Waals surface area (Å²) in [6, 6.07) is 6.70. The average molecular weight is 473 g/mol. The molecule has 0 aromatic carbocycles. The van der Waals surface area contributed by atoms with E-state index in [0.29, 0.717) is 12.6 Å². The van der Waals surface area contributed by atoms with Crippen LogP contribution in [0.15, 0.2) is 29.4 Å². The standard InChI is InChI=1S/C18H27N5S.HI/c1-4-24-16-9-8-14(10-16)22-18(19-3)20-11-15-12-23-13(2)6-5-7-17(23)21-15;/h5-7,12,14,16H,4,8-11H2,1-3H3,(H2,19,20,22);1H. The van der Waals surface area contributed by atoms with Crippen LogP contribution in [0.4, 0.5) is 0 Å². The van der Waals surface area contributed by atoms with Crippen molar-refractivity contribution in [1.29, 1.82) is 0 Å². The van der Waals surface area contributed by atoms with Gasteiger partial charge in [0.25, 0.3) is 0 Å². The third kappa shape index (κ3) is 5.26. The second kappa shape index (κ2) is 9.66. The lowest BCUT2D eigenvalue weighted by atomic mass is 10.2. The zero-order chi connectivity index (χ0) is 16.9. The lowest BCUT2D eigenvalue weighted by Crippen LogP contribution is -2.42. The Morgan fingerprint density at radius 3 is 2.96 bits per heavy atom. The lowest BCUT2D eigenvalue weighted by Gasteiger charge is -2.17. The van der Waals surface area contributed by atoms with Crippen LogP contribution in [-0.2, 0) is 6.54 Å². The van der Waals surface area contributed by atoms with E-state index in [1.165, 1.54) is 30.7 Å². The molecule has 2 aromatic heterocycles. The van der Waals surface area contributed by atoms with Crippen molar-refractivity contribution in [2.75, 3.05) is 12.8 Å². The Labute approximate surface area is 171 Å². The van der Waals surface area contributed by atoms with Gasteiger partial charge >= 0.3 is 0 Å². The summed E-state index contributed by atoms with van der Waals surface area (Å²) < 4.78 is 2.12. The molecule has 0 saturated heterocycles. The van der Waals surface area contributed by atoms with E-state index in [2.05, 4.69) is 62.9 Å². The van der Waals surface area contributed by atoms with Crippen LogP contribution in [0.25, 0.3) is 5.65 Å². The molecule has 0 aliphatic heterocycles. The number of aliphatic imine (C=N–C) groups is 1. The largest absolute Gasteiger partial charge is 0.354 e. The molecular weight excluding hydrogens is 445 g/mol. The first-order valence-corrected chi connectivity index (χ1v) is 9.77. The highest BCUT2D eigenvalue weighted by atomic mass is 127. The van der Waals surface area contributed by atoms with Gasteiger partial charge in [-0.3, -0.25) is 4.99 Å². The number of aryl methyl sites for hydroxylation is 1. The predicted octanol–water partition coefficient (Wildman–Crippen LogP) is 3.60. The molecule has 2 aromatic rings. The van der Waals surface area contributed by atoms with E-state index in [9.17, 15) is 0 Å². The average Bonchev–Trinajstić information content (AvgIpc) is 3.19.